The minimum absolute atomic E-state index is 0.0461. The van der Waals surface area contributed by atoms with Crippen LogP contribution in [0.4, 0.5) is 5.69 Å². The van der Waals surface area contributed by atoms with Gasteiger partial charge in [0.1, 0.15) is 9.88 Å². The molecule has 2 heterocycles. The number of benzene rings is 2. The average molecular weight is 426 g/mol. The summed E-state index contributed by atoms with van der Waals surface area (Å²) < 4.78 is 0. The number of halogens is 1. The van der Waals surface area contributed by atoms with Crippen molar-refractivity contribution in [3.8, 4) is 10.6 Å². The molecule has 0 aliphatic carbocycles. The second-order valence-corrected chi connectivity index (χ2v) is 8.41. The molecule has 4 rings (SSSR count). The molecule has 7 heteroatoms. The van der Waals surface area contributed by atoms with Gasteiger partial charge in [-0.1, -0.05) is 23.7 Å². The lowest BCUT2D eigenvalue weighted by atomic mass is 10.2. The Hall–Kier alpha value is -2.70. The number of carbonyl (C=O) groups is 2. The van der Waals surface area contributed by atoms with Crippen molar-refractivity contribution in [1.29, 1.82) is 0 Å². The van der Waals surface area contributed by atoms with Gasteiger partial charge in [-0.15, -0.1) is 11.3 Å². The van der Waals surface area contributed by atoms with E-state index in [1.807, 2.05) is 30.0 Å². The lowest BCUT2D eigenvalue weighted by Gasteiger charge is -2.15. The van der Waals surface area contributed by atoms with Gasteiger partial charge in [-0.25, -0.2) is 4.98 Å². The Balaban J connectivity index is 1.47. The molecular formula is C22H20ClN3O2S. The first-order chi connectivity index (χ1) is 14.0. The Bertz CT molecular complexity index is 1060. The van der Waals surface area contributed by atoms with Crippen LogP contribution in [0.15, 0.2) is 48.5 Å². The van der Waals surface area contributed by atoms with Crippen LogP contribution in [-0.4, -0.2) is 34.8 Å². The minimum atomic E-state index is -0.216. The maximum Gasteiger partial charge on any atom is 0.267 e. The molecule has 0 spiro atoms. The molecule has 0 saturated carbocycles. The normalized spacial score (nSPS) is 13.5. The Kier molecular flexibility index (Phi) is 5.65. The summed E-state index contributed by atoms with van der Waals surface area (Å²) in [6.07, 6.45) is 2.12. The van der Waals surface area contributed by atoms with E-state index < -0.39 is 0 Å². The molecule has 0 radical (unpaired) electrons. The van der Waals surface area contributed by atoms with Crippen LogP contribution in [0.3, 0.4) is 0 Å². The summed E-state index contributed by atoms with van der Waals surface area (Å²) in [5, 5.41) is 4.27. The van der Waals surface area contributed by atoms with E-state index in [0.717, 1.165) is 36.5 Å². The second-order valence-electron chi connectivity index (χ2n) is 6.97. The van der Waals surface area contributed by atoms with Gasteiger partial charge in [0.2, 0.25) is 0 Å². The maximum atomic E-state index is 12.7. The first kappa shape index (κ1) is 19.6. The highest BCUT2D eigenvalue weighted by molar-refractivity contribution is 7.17. The summed E-state index contributed by atoms with van der Waals surface area (Å²) in [6, 6.07) is 14.4. The fourth-order valence-electron chi connectivity index (χ4n) is 3.34. The van der Waals surface area contributed by atoms with Crippen molar-refractivity contribution in [2.45, 2.75) is 19.8 Å². The third kappa shape index (κ3) is 4.33. The van der Waals surface area contributed by atoms with Crippen LogP contribution in [0.5, 0.6) is 0 Å². The first-order valence-corrected chi connectivity index (χ1v) is 10.6. The molecule has 1 aliphatic heterocycles. The van der Waals surface area contributed by atoms with Crippen LogP contribution in [0.1, 0.15) is 38.6 Å². The van der Waals surface area contributed by atoms with Gasteiger partial charge in [0.05, 0.1) is 5.69 Å². The van der Waals surface area contributed by atoms with Gasteiger partial charge < -0.3 is 10.2 Å². The van der Waals surface area contributed by atoms with E-state index in [1.54, 1.807) is 30.3 Å². The average Bonchev–Trinajstić information content (AvgIpc) is 3.38. The van der Waals surface area contributed by atoms with E-state index in [-0.39, 0.29) is 11.8 Å². The number of aryl methyl sites for hydroxylation is 1. The Morgan fingerprint density at radius 3 is 2.52 bits per heavy atom. The summed E-state index contributed by atoms with van der Waals surface area (Å²) in [5.41, 5.74) is 2.84. The molecular weight excluding hydrogens is 406 g/mol. The van der Waals surface area contributed by atoms with Crippen molar-refractivity contribution >= 4 is 40.4 Å². The van der Waals surface area contributed by atoms with Crippen molar-refractivity contribution in [3.63, 3.8) is 0 Å². The predicted molar refractivity (Wildman–Crippen MR) is 117 cm³/mol. The highest BCUT2D eigenvalue weighted by atomic mass is 35.5. The van der Waals surface area contributed by atoms with Gasteiger partial charge in [0.25, 0.3) is 11.8 Å². The molecule has 1 aliphatic rings. The number of hydrogen-bond acceptors (Lipinski definition) is 4. The van der Waals surface area contributed by atoms with Crippen molar-refractivity contribution < 1.29 is 9.59 Å². The lowest BCUT2D eigenvalue weighted by Crippen LogP contribution is -2.27. The Labute approximate surface area is 178 Å². The largest absolute Gasteiger partial charge is 0.339 e. The maximum absolute atomic E-state index is 12.7. The third-order valence-electron chi connectivity index (χ3n) is 4.86. The number of amides is 2. The highest BCUT2D eigenvalue weighted by Gasteiger charge is 2.20. The number of nitrogens with one attached hydrogen (secondary N) is 1. The van der Waals surface area contributed by atoms with Gasteiger partial charge in [0.15, 0.2) is 0 Å². The molecule has 0 atom stereocenters. The van der Waals surface area contributed by atoms with E-state index in [0.29, 0.717) is 26.8 Å². The number of anilines is 1. The summed E-state index contributed by atoms with van der Waals surface area (Å²) in [6.45, 7) is 3.45. The number of aromatic nitrogens is 1. The first-order valence-electron chi connectivity index (χ1n) is 9.45. The predicted octanol–water partition coefficient (Wildman–Crippen LogP) is 5.26. The van der Waals surface area contributed by atoms with Crippen molar-refractivity contribution in [3.05, 3.63) is 69.7 Å². The van der Waals surface area contributed by atoms with E-state index in [2.05, 4.69) is 10.3 Å². The molecule has 148 valence electrons. The van der Waals surface area contributed by atoms with E-state index in [1.165, 1.54) is 11.3 Å². The molecule has 2 amide bonds. The summed E-state index contributed by atoms with van der Waals surface area (Å²) in [4.78, 5) is 32.1. The zero-order valence-electron chi connectivity index (χ0n) is 15.9. The number of carbonyl (C=O) groups excluding carboxylic acids is 2. The van der Waals surface area contributed by atoms with Gasteiger partial charge in [-0.3, -0.25) is 9.59 Å². The van der Waals surface area contributed by atoms with Crippen LogP contribution in [0.2, 0.25) is 5.02 Å². The summed E-state index contributed by atoms with van der Waals surface area (Å²) in [5.74, 6) is -0.170. The van der Waals surface area contributed by atoms with E-state index in [9.17, 15) is 9.59 Å². The number of nitrogens with zero attached hydrogens (tertiary/aromatic N) is 2. The zero-order chi connectivity index (χ0) is 20.4. The van der Waals surface area contributed by atoms with Crippen molar-refractivity contribution in [2.24, 2.45) is 0 Å². The zero-order valence-corrected chi connectivity index (χ0v) is 17.5. The molecule has 1 aromatic heterocycles. The molecule has 2 aromatic carbocycles. The molecule has 5 nitrogen and oxygen atoms in total. The smallest absolute Gasteiger partial charge is 0.267 e. The standard InChI is InChI=1S/C22H20ClN3O2S/c1-14-19(29-21(24-14)16-5-4-6-17(23)13-16)20(27)25-18-9-7-15(8-10-18)22(28)26-11-2-3-12-26/h4-10,13H,2-3,11-12H2,1H3,(H,25,27). The molecule has 0 unspecified atom stereocenters. The van der Waals surface area contributed by atoms with Crippen LogP contribution >= 0.6 is 22.9 Å². The number of thiazole rings is 1. The second kappa shape index (κ2) is 8.35. The SMILES string of the molecule is Cc1nc(-c2cccc(Cl)c2)sc1C(=O)Nc1ccc(C(=O)N2CCCC2)cc1. The molecule has 1 N–H and O–H groups in total. The molecule has 3 aromatic rings. The van der Waals surface area contributed by atoms with Crippen LogP contribution < -0.4 is 5.32 Å². The molecule has 1 fully saturated rings. The third-order valence-corrected chi connectivity index (χ3v) is 6.30. The summed E-state index contributed by atoms with van der Waals surface area (Å²) >= 11 is 7.39. The number of rotatable bonds is 4. The summed E-state index contributed by atoms with van der Waals surface area (Å²) in [7, 11) is 0. The number of likely N-dealkylation sites (tertiary alicyclic amines) is 1. The van der Waals surface area contributed by atoms with Crippen molar-refractivity contribution in [2.75, 3.05) is 18.4 Å². The fraction of sp³-hybridized carbons (Fsp3) is 0.227. The van der Waals surface area contributed by atoms with Gasteiger partial charge in [0, 0.05) is 34.9 Å². The molecule has 29 heavy (non-hydrogen) atoms. The van der Waals surface area contributed by atoms with E-state index >= 15 is 0 Å². The monoisotopic (exact) mass is 425 g/mol. The lowest BCUT2D eigenvalue weighted by molar-refractivity contribution is 0.0792. The quantitative estimate of drug-likeness (QED) is 0.620. The van der Waals surface area contributed by atoms with Crippen LogP contribution in [0, 0.1) is 6.92 Å². The Morgan fingerprint density at radius 2 is 1.83 bits per heavy atom. The van der Waals surface area contributed by atoms with Crippen LogP contribution in [-0.2, 0) is 0 Å². The topological polar surface area (TPSA) is 62.3 Å². The van der Waals surface area contributed by atoms with Gasteiger partial charge in [-0.2, -0.15) is 0 Å². The molecule has 1 saturated heterocycles. The van der Waals surface area contributed by atoms with Gasteiger partial charge in [-0.05, 0) is 56.2 Å². The van der Waals surface area contributed by atoms with Crippen LogP contribution in [0.25, 0.3) is 10.6 Å². The Morgan fingerprint density at radius 1 is 1.10 bits per heavy atom. The number of hydrogen-bond donors (Lipinski definition) is 1. The van der Waals surface area contributed by atoms with Crippen molar-refractivity contribution in [1.82, 2.24) is 9.88 Å². The fourth-order valence-corrected chi connectivity index (χ4v) is 4.49. The van der Waals surface area contributed by atoms with E-state index in [4.69, 9.17) is 11.6 Å². The molecule has 0 bridgehead atoms. The van der Waals surface area contributed by atoms with Gasteiger partial charge >= 0.3 is 0 Å². The minimum Gasteiger partial charge on any atom is -0.339 e. The highest BCUT2D eigenvalue weighted by Crippen LogP contribution is 2.30.